The molecule has 0 amide bonds. The fourth-order valence-corrected chi connectivity index (χ4v) is 2.82. The van der Waals surface area contributed by atoms with Crippen LogP contribution in [0.1, 0.15) is 43.9 Å². The topological polar surface area (TPSA) is 12.0 Å². The van der Waals surface area contributed by atoms with E-state index in [-0.39, 0.29) is 6.04 Å². The molecular formula is C17H19BrClN. The van der Waals surface area contributed by atoms with Crippen LogP contribution in [0.2, 0.25) is 5.02 Å². The Morgan fingerprint density at radius 2 is 1.55 bits per heavy atom. The van der Waals surface area contributed by atoms with Gasteiger partial charge in [0.15, 0.2) is 0 Å². The zero-order valence-corrected chi connectivity index (χ0v) is 14.3. The molecule has 0 aliphatic rings. The number of anilines is 1. The second-order valence-electron chi connectivity index (χ2n) is 5.31. The van der Waals surface area contributed by atoms with Gasteiger partial charge in [0, 0.05) is 10.5 Å². The van der Waals surface area contributed by atoms with Crippen LogP contribution in [-0.2, 0) is 0 Å². The van der Waals surface area contributed by atoms with Gasteiger partial charge >= 0.3 is 0 Å². The molecule has 0 aromatic heterocycles. The van der Waals surface area contributed by atoms with Gasteiger partial charge in [-0.1, -0.05) is 65.6 Å². The van der Waals surface area contributed by atoms with Gasteiger partial charge in [-0.3, -0.25) is 0 Å². The van der Waals surface area contributed by atoms with Crippen molar-refractivity contribution in [3.05, 3.63) is 63.1 Å². The molecule has 20 heavy (non-hydrogen) atoms. The van der Waals surface area contributed by atoms with Crippen LogP contribution < -0.4 is 5.32 Å². The minimum Gasteiger partial charge on any atom is -0.377 e. The molecule has 1 unspecified atom stereocenters. The molecule has 2 aromatic carbocycles. The van der Waals surface area contributed by atoms with E-state index in [1.807, 2.05) is 18.2 Å². The molecule has 1 nitrogen and oxygen atoms in total. The Labute approximate surface area is 134 Å². The van der Waals surface area contributed by atoms with Crippen LogP contribution in [0.4, 0.5) is 5.69 Å². The molecule has 0 spiro atoms. The highest BCUT2D eigenvalue weighted by molar-refractivity contribution is 9.10. The van der Waals surface area contributed by atoms with Crippen molar-refractivity contribution in [3.63, 3.8) is 0 Å². The lowest BCUT2D eigenvalue weighted by atomic mass is 9.99. The summed E-state index contributed by atoms with van der Waals surface area (Å²) in [6, 6.07) is 14.9. The average Bonchev–Trinajstić information content (AvgIpc) is 2.42. The van der Waals surface area contributed by atoms with E-state index in [0.29, 0.717) is 5.92 Å². The summed E-state index contributed by atoms with van der Waals surface area (Å²) in [5.74, 6) is 0.563. The Morgan fingerprint density at radius 3 is 2.10 bits per heavy atom. The SMILES string of the molecule is CC(C)c1ccc(C(C)Nc2ccc(Br)cc2Cl)cc1. The normalized spacial score (nSPS) is 12.5. The largest absolute Gasteiger partial charge is 0.377 e. The van der Waals surface area contributed by atoms with Crippen LogP contribution in [0.25, 0.3) is 0 Å². The molecule has 2 aromatic rings. The number of halogens is 2. The maximum atomic E-state index is 6.24. The zero-order chi connectivity index (χ0) is 14.7. The van der Waals surface area contributed by atoms with Crippen molar-refractivity contribution in [2.75, 3.05) is 5.32 Å². The van der Waals surface area contributed by atoms with E-state index in [1.165, 1.54) is 11.1 Å². The van der Waals surface area contributed by atoms with Gasteiger partial charge in [-0.25, -0.2) is 0 Å². The summed E-state index contributed by atoms with van der Waals surface area (Å²) in [6.45, 7) is 6.55. The molecule has 0 fully saturated rings. The van der Waals surface area contributed by atoms with E-state index >= 15 is 0 Å². The van der Waals surface area contributed by atoms with Gasteiger partial charge in [-0.15, -0.1) is 0 Å². The second-order valence-corrected chi connectivity index (χ2v) is 6.63. The van der Waals surface area contributed by atoms with E-state index in [2.05, 4.69) is 66.3 Å². The molecule has 1 atom stereocenters. The maximum Gasteiger partial charge on any atom is 0.0648 e. The number of rotatable bonds is 4. The lowest BCUT2D eigenvalue weighted by Gasteiger charge is -2.18. The molecule has 1 N–H and O–H groups in total. The Morgan fingerprint density at radius 1 is 0.950 bits per heavy atom. The van der Waals surface area contributed by atoms with Crippen molar-refractivity contribution >= 4 is 33.2 Å². The fraction of sp³-hybridized carbons (Fsp3) is 0.294. The highest BCUT2D eigenvalue weighted by atomic mass is 79.9. The Balaban J connectivity index is 2.13. The number of benzene rings is 2. The van der Waals surface area contributed by atoms with Gasteiger partial charge in [0.05, 0.1) is 10.7 Å². The van der Waals surface area contributed by atoms with E-state index in [1.54, 1.807) is 0 Å². The molecule has 0 bridgehead atoms. The zero-order valence-electron chi connectivity index (χ0n) is 12.0. The number of hydrogen-bond acceptors (Lipinski definition) is 1. The number of hydrogen-bond donors (Lipinski definition) is 1. The van der Waals surface area contributed by atoms with Gasteiger partial charge in [-0.05, 0) is 42.2 Å². The molecule has 0 radical (unpaired) electrons. The minimum atomic E-state index is 0.217. The van der Waals surface area contributed by atoms with Crippen LogP contribution in [0.3, 0.4) is 0 Å². The Bertz CT molecular complexity index is 578. The molecule has 106 valence electrons. The summed E-state index contributed by atoms with van der Waals surface area (Å²) in [6.07, 6.45) is 0. The van der Waals surface area contributed by atoms with Crippen molar-refractivity contribution in [1.29, 1.82) is 0 Å². The first-order valence-corrected chi connectivity index (χ1v) is 7.96. The lowest BCUT2D eigenvalue weighted by molar-refractivity contribution is 0.852. The van der Waals surface area contributed by atoms with Gasteiger partial charge in [-0.2, -0.15) is 0 Å². The highest BCUT2D eigenvalue weighted by Crippen LogP contribution is 2.29. The summed E-state index contributed by atoms with van der Waals surface area (Å²) in [5, 5.41) is 4.18. The third-order valence-corrected chi connectivity index (χ3v) is 4.21. The Kier molecular flexibility index (Phi) is 5.11. The standard InChI is InChI=1S/C17H19BrClN/c1-11(2)13-4-6-14(7-5-13)12(3)20-17-9-8-15(18)10-16(17)19/h4-12,20H,1-3H3. The van der Waals surface area contributed by atoms with Crippen molar-refractivity contribution in [2.45, 2.75) is 32.7 Å². The minimum absolute atomic E-state index is 0.217. The summed E-state index contributed by atoms with van der Waals surface area (Å²) in [7, 11) is 0. The summed E-state index contributed by atoms with van der Waals surface area (Å²) in [4.78, 5) is 0. The molecule has 2 rings (SSSR count). The lowest BCUT2D eigenvalue weighted by Crippen LogP contribution is -2.07. The molecule has 0 aliphatic heterocycles. The van der Waals surface area contributed by atoms with Crippen LogP contribution in [0.15, 0.2) is 46.9 Å². The van der Waals surface area contributed by atoms with Gasteiger partial charge < -0.3 is 5.32 Å². The predicted molar refractivity (Wildman–Crippen MR) is 91.7 cm³/mol. The van der Waals surface area contributed by atoms with Crippen molar-refractivity contribution < 1.29 is 0 Å². The third kappa shape index (κ3) is 3.77. The molecule has 3 heteroatoms. The summed E-state index contributed by atoms with van der Waals surface area (Å²) in [5.41, 5.74) is 3.58. The molecule has 0 heterocycles. The molecule has 0 saturated heterocycles. The van der Waals surface area contributed by atoms with E-state index in [4.69, 9.17) is 11.6 Å². The van der Waals surface area contributed by atoms with E-state index in [0.717, 1.165) is 15.2 Å². The first kappa shape index (κ1) is 15.4. The van der Waals surface area contributed by atoms with E-state index in [9.17, 15) is 0 Å². The fourth-order valence-electron chi connectivity index (χ4n) is 2.09. The van der Waals surface area contributed by atoms with Crippen LogP contribution in [0.5, 0.6) is 0 Å². The first-order chi connectivity index (χ1) is 9.47. The van der Waals surface area contributed by atoms with Crippen LogP contribution in [-0.4, -0.2) is 0 Å². The van der Waals surface area contributed by atoms with Gasteiger partial charge in [0.25, 0.3) is 0 Å². The van der Waals surface area contributed by atoms with Crippen molar-refractivity contribution in [2.24, 2.45) is 0 Å². The van der Waals surface area contributed by atoms with Crippen molar-refractivity contribution in [1.82, 2.24) is 0 Å². The molecule has 0 aliphatic carbocycles. The maximum absolute atomic E-state index is 6.24. The van der Waals surface area contributed by atoms with Crippen LogP contribution in [0, 0.1) is 0 Å². The summed E-state index contributed by atoms with van der Waals surface area (Å²) < 4.78 is 0.988. The molecular weight excluding hydrogens is 334 g/mol. The van der Waals surface area contributed by atoms with Crippen molar-refractivity contribution in [3.8, 4) is 0 Å². The van der Waals surface area contributed by atoms with Gasteiger partial charge in [0.2, 0.25) is 0 Å². The van der Waals surface area contributed by atoms with Crippen LogP contribution >= 0.6 is 27.5 Å². The second kappa shape index (κ2) is 6.64. The highest BCUT2D eigenvalue weighted by Gasteiger charge is 2.08. The average molecular weight is 353 g/mol. The van der Waals surface area contributed by atoms with E-state index < -0.39 is 0 Å². The Hall–Kier alpha value is -0.990. The quantitative estimate of drug-likeness (QED) is 0.671. The predicted octanol–water partition coefficient (Wildman–Crippen LogP) is 6.40. The summed E-state index contributed by atoms with van der Waals surface area (Å²) >= 11 is 9.65. The smallest absolute Gasteiger partial charge is 0.0648 e. The van der Waals surface area contributed by atoms with Gasteiger partial charge in [0.1, 0.15) is 0 Å². The first-order valence-electron chi connectivity index (χ1n) is 6.79. The number of nitrogens with one attached hydrogen (secondary N) is 1. The third-order valence-electron chi connectivity index (χ3n) is 3.41. The monoisotopic (exact) mass is 351 g/mol. The molecule has 0 saturated carbocycles.